The number of nitrogens with zero attached hydrogens (tertiary/aromatic N) is 2. The van der Waals surface area contributed by atoms with Gasteiger partial charge in [0.05, 0.1) is 16.1 Å². The summed E-state index contributed by atoms with van der Waals surface area (Å²) in [7, 11) is 0. The molecule has 0 radical (unpaired) electrons. The molecule has 0 amide bonds. The molecule has 1 unspecified atom stereocenters. The molecule has 0 spiro atoms. The highest BCUT2D eigenvalue weighted by Crippen LogP contribution is 2.29. The maximum Gasteiger partial charge on any atom is 0.111 e. The first-order valence-corrected chi connectivity index (χ1v) is 7.81. The maximum atomic E-state index is 6.36. The molecule has 1 aromatic heterocycles. The van der Waals surface area contributed by atoms with Crippen LogP contribution in [0.3, 0.4) is 0 Å². The smallest absolute Gasteiger partial charge is 0.111 e. The predicted molar refractivity (Wildman–Crippen MR) is 83.4 cm³/mol. The van der Waals surface area contributed by atoms with E-state index in [0.29, 0.717) is 11.9 Å². The minimum absolute atomic E-state index is 0.406. The number of hydrogen-bond acceptors (Lipinski definition) is 1. The molecule has 1 aromatic carbocycles. The summed E-state index contributed by atoms with van der Waals surface area (Å²) in [4.78, 5) is 4.69. The number of hydrogen-bond donors (Lipinski definition) is 0. The van der Waals surface area contributed by atoms with Crippen molar-refractivity contribution in [2.75, 3.05) is 5.88 Å². The lowest BCUT2D eigenvalue weighted by Crippen LogP contribution is -2.10. The Bertz CT molecular complexity index is 548. The van der Waals surface area contributed by atoms with Gasteiger partial charge in [0, 0.05) is 18.3 Å². The molecular formula is C15H20Cl2N2. The highest BCUT2D eigenvalue weighted by atomic mass is 35.5. The van der Waals surface area contributed by atoms with Crippen molar-refractivity contribution < 1.29 is 0 Å². The van der Waals surface area contributed by atoms with Gasteiger partial charge in [0.15, 0.2) is 0 Å². The number of para-hydroxylation sites is 1. The zero-order chi connectivity index (χ0) is 13.8. The summed E-state index contributed by atoms with van der Waals surface area (Å²) < 4.78 is 2.27. The summed E-state index contributed by atoms with van der Waals surface area (Å²) in [6, 6.07) is 6.30. The Morgan fingerprint density at radius 3 is 2.84 bits per heavy atom. The molecule has 1 atom stereocenters. The van der Waals surface area contributed by atoms with E-state index in [1.807, 2.05) is 18.2 Å². The number of benzene rings is 1. The summed E-state index contributed by atoms with van der Waals surface area (Å²) in [5, 5.41) is 0.772. The number of rotatable bonds is 6. The van der Waals surface area contributed by atoms with Crippen molar-refractivity contribution in [3.63, 3.8) is 0 Å². The molecule has 2 nitrogen and oxygen atoms in total. The fourth-order valence-corrected chi connectivity index (χ4v) is 2.95. The van der Waals surface area contributed by atoms with Crippen LogP contribution in [0.5, 0.6) is 0 Å². The third-order valence-corrected chi connectivity index (χ3v) is 3.96. The largest absolute Gasteiger partial charge is 0.324 e. The molecule has 0 aliphatic carbocycles. The molecule has 0 aliphatic heterocycles. The molecule has 2 rings (SSSR count). The number of unbranched alkanes of at least 4 members (excludes halogenated alkanes) is 1. The lowest BCUT2D eigenvalue weighted by Gasteiger charge is -2.17. The summed E-state index contributed by atoms with van der Waals surface area (Å²) in [5.41, 5.74) is 2.02. The Labute approximate surface area is 124 Å². The predicted octanol–water partition coefficient (Wildman–Crippen LogP) is 5.22. The SMILES string of the molecule is CCCCC(C)n1c(CCCl)nc2cccc(Cl)c21. The summed E-state index contributed by atoms with van der Waals surface area (Å²) in [6.45, 7) is 4.45. The Kier molecular flexibility index (Phi) is 5.12. The van der Waals surface area contributed by atoms with Crippen LogP contribution in [0.4, 0.5) is 0 Å². The van der Waals surface area contributed by atoms with Crippen molar-refractivity contribution in [1.29, 1.82) is 0 Å². The number of fused-ring (bicyclic) bond motifs is 1. The fourth-order valence-electron chi connectivity index (χ4n) is 2.52. The van der Waals surface area contributed by atoms with Crippen molar-refractivity contribution in [2.45, 2.75) is 45.6 Å². The number of halogens is 2. The van der Waals surface area contributed by atoms with E-state index in [1.54, 1.807) is 0 Å². The zero-order valence-corrected chi connectivity index (χ0v) is 13.0. The molecule has 0 saturated heterocycles. The minimum Gasteiger partial charge on any atom is -0.324 e. The van der Waals surface area contributed by atoms with Gasteiger partial charge in [0.2, 0.25) is 0 Å². The van der Waals surface area contributed by atoms with Crippen molar-refractivity contribution in [3.8, 4) is 0 Å². The fraction of sp³-hybridized carbons (Fsp3) is 0.533. The Morgan fingerprint density at radius 2 is 2.16 bits per heavy atom. The summed E-state index contributed by atoms with van der Waals surface area (Å²) in [5.74, 6) is 1.63. The Balaban J connectivity index is 2.50. The quantitative estimate of drug-likeness (QED) is 0.668. The second kappa shape index (κ2) is 6.62. The van der Waals surface area contributed by atoms with Crippen LogP contribution in [0.2, 0.25) is 5.02 Å². The first-order valence-electron chi connectivity index (χ1n) is 6.90. The van der Waals surface area contributed by atoms with E-state index in [0.717, 1.165) is 34.7 Å². The topological polar surface area (TPSA) is 17.8 Å². The third kappa shape index (κ3) is 3.06. The van der Waals surface area contributed by atoms with E-state index in [9.17, 15) is 0 Å². The molecule has 4 heteroatoms. The van der Waals surface area contributed by atoms with Crippen LogP contribution in [-0.2, 0) is 6.42 Å². The monoisotopic (exact) mass is 298 g/mol. The molecule has 2 aromatic rings. The van der Waals surface area contributed by atoms with Crippen molar-refractivity contribution in [3.05, 3.63) is 29.0 Å². The van der Waals surface area contributed by atoms with Crippen LogP contribution in [0.25, 0.3) is 11.0 Å². The van der Waals surface area contributed by atoms with Crippen LogP contribution in [0.15, 0.2) is 18.2 Å². The second-order valence-corrected chi connectivity index (χ2v) is 5.72. The van der Waals surface area contributed by atoms with Crippen molar-refractivity contribution >= 4 is 34.2 Å². The van der Waals surface area contributed by atoms with Gasteiger partial charge in [-0.3, -0.25) is 0 Å². The molecule has 104 valence electrons. The van der Waals surface area contributed by atoms with E-state index >= 15 is 0 Å². The van der Waals surface area contributed by atoms with Crippen LogP contribution in [-0.4, -0.2) is 15.4 Å². The lowest BCUT2D eigenvalue weighted by atomic mass is 10.1. The molecule has 19 heavy (non-hydrogen) atoms. The molecule has 0 saturated carbocycles. The molecule has 0 bridgehead atoms. The van der Waals surface area contributed by atoms with Crippen LogP contribution in [0.1, 0.15) is 45.0 Å². The van der Waals surface area contributed by atoms with Gasteiger partial charge in [-0.25, -0.2) is 4.98 Å². The minimum atomic E-state index is 0.406. The maximum absolute atomic E-state index is 6.36. The van der Waals surface area contributed by atoms with Crippen molar-refractivity contribution in [1.82, 2.24) is 9.55 Å². The second-order valence-electron chi connectivity index (χ2n) is 4.94. The highest BCUT2D eigenvalue weighted by molar-refractivity contribution is 6.35. The van der Waals surface area contributed by atoms with Gasteiger partial charge in [0.1, 0.15) is 5.82 Å². The molecular weight excluding hydrogens is 279 g/mol. The third-order valence-electron chi connectivity index (χ3n) is 3.47. The number of aryl methyl sites for hydroxylation is 1. The van der Waals surface area contributed by atoms with E-state index in [4.69, 9.17) is 23.2 Å². The zero-order valence-electron chi connectivity index (χ0n) is 11.5. The first kappa shape index (κ1) is 14.7. The van der Waals surface area contributed by atoms with Crippen LogP contribution >= 0.6 is 23.2 Å². The Morgan fingerprint density at radius 1 is 1.37 bits per heavy atom. The van der Waals surface area contributed by atoms with Gasteiger partial charge < -0.3 is 4.57 Å². The van der Waals surface area contributed by atoms with E-state index in [2.05, 4.69) is 23.4 Å². The summed E-state index contributed by atoms with van der Waals surface area (Å²) in [6.07, 6.45) is 4.34. The summed E-state index contributed by atoms with van der Waals surface area (Å²) >= 11 is 12.3. The van der Waals surface area contributed by atoms with Gasteiger partial charge in [-0.15, -0.1) is 11.6 Å². The molecule has 0 aliphatic rings. The van der Waals surface area contributed by atoms with Gasteiger partial charge in [0.25, 0.3) is 0 Å². The van der Waals surface area contributed by atoms with E-state index in [1.165, 1.54) is 12.8 Å². The first-order chi connectivity index (χ1) is 9.19. The Hall–Kier alpha value is -0.730. The van der Waals surface area contributed by atoms with Crippen molar-refractivity contribution in [2.24, 2.45) is 0 Å². The number of imidazole rings is 1. The average molecular weight is 299 g/mol. The van der Waals surface area contributed by atoms with Crippen LogP contribution in [0, 0.1) is 0 Å². The van der Waals surface area contributed by atoms with Gasteiger partial charge in [-0.1, -0.05) is 37.4 Å². The molecule has 1 heterocycles. The number of aromatic nitrogens is 2. The normalized spacial score (nSPS) is 13.1. The van der Waals surface area contributed by atoms with Gasteiger partial charge in [-0.05, 0) is 25.5 Å². The van der Waals surface area contributed by atoms with Crippen LogP contribution < -0.4 is 0 Å². The molecule has 0 fully saturated rings. The van der Waals surface area contributed by atoms with E-state index < -0.39 is 0 Å². The molecule has 0 N–H and O–H groups in total. The highest BCUT2D eigenvalue weighted by Gasteiger charge is 2.17. The lowest BCUT2D eigenvalue weighted by molar-refractivity contribution is 0.482. The average Bonchev–Trinajstić information content (AvgIpc) is 2.76. The van der Waals surface area contributed by atoms with Gasteiger partial charge in [-0.2, -0.15) is 0 Å². The standard InChI is InChI=1S/C15H20Cl2N2/c1-3-4-6-11(2)19-14(9-10-16)18-13-8-5-7-12(17)15(13)19/h5,7-8,11H,3-4,6,9-10H2,1-2H3. The van der Waals surface area contributed by atoms with Gasteiger partial charge >= 0.3 is 0 Å². The van der Waals surface area contributed by atoms with E-state index in [-0.39, 0.29) is 0 Å². The number of alkyl halides is 1.